The number of benzene rings is 1. The van der Waals surface area contributed by atoms with Crippen molar-refractivity contribution in [2.45, 2.75) is 20.3 Å². The molecule has 0 aliphatic heterocycles. The molecule has 1 aromatic rings. The number of phenolic OH excluding ortho intramolecular Hbond substituents is 1. The Morgan fingerprint density at radius 2 is 1.83 bits per heavy atom. The topological polar surface area (TPSA) is 72.8 Å². The third kappa shape index (κ3) is 3.35. The Bertz CT molecular complexity index is 490. The molecule has 18 heavy (non-hydrogen) atoms. The van der Waals surface area contributed by atoms with Crippen LogP contribution in [0.4, 0.5) is 0 Å². The maximum absolute atomic E-state index is 11.3. The van der Waals surface area contributed by atoms with Crippen LogP contribution in [0.5, 0.6) is 17.2 Å². The van der Waals surface area contributed by atoms with Gasteiger partial charge in [0.2, 0.25) is 5.75 Å². The summed E-state index contributed by atoms with van der Waals surface area (Å²) < 4.78 is 9.76. The smallest absolute Gasteiger partial charge is 0.338 e. The van der Waals surface area contributed by atoms with Gasteiger partial charge in [-0.25, -0.2) is 4.79 Å². The van der Waals surface area contributed by atoms with Crippen molar-refractivity contribution in [3.63, 3.8) is 0 Å². The largest absolute Gasteiger partial charge is 0.502 e. The van der Waals surface area contributed by atoms with Crippen molar-refractivity contribution in [3.8, 4) is 17.2 Å². The maximum Gasteiger partial charge on any atom is 0.338 e. The SMILES string of the molecule is C=C(C)C(=O)Oc1cccc(OC(=O)CC)c1O. The fourth-order valence-electron chi connectivity index (χ4n) is 1.05. The van der Waals surface area contributed by atoms with Crippen molar-refractivity contribution in [1.29, 1.82) is 0 Å². The Kier molecular flexibility index (Phi) is 4.48. The van der Waals surface area contributed by atoms with Crippen LogP contribution in [0.3, 0.4) is 0 Å². The average Bonchev–Trinajstić information content (AvgIpc) is 2.33. The van der Waals surface area contributed by atoms with Crippen molar-refractivity contribution in [2.24, 2.45) is 0 Å². The number of ether oxygens (including phenoxy) is 2. The van der Waals surface area contributed by atoms with Crippen LogP contribution in [0, 0.1) is 0 Å². The highest BCUT2D eigenvalue weighted by atomic mass is 16.6. The molecule has 0 fully saturated rings. The fraction of sp³-hybridized carbons (Fsp3) is 0.231. The standard InChI is InChI=1S/C13H14O5/c1-4-11(14)17-9-6-5-7-10(12(9)15)18-13(16)8(2)3/h5-7,15H,2,4H2,1,3H3. The highest BCUT2D eigenvalue weighted by Crippen LogP contribution is 2.36. The summed E-state index contributed by atoms with van der Waals surface area (Å²) in [5, 5.41) is 9.78. The molecule has 0 saturated heterocycles. The van der Waals surface area contributed by atoms with E-state index in [-0.39, 0.29) is 23.5 Å². The van der Waals surface area contributed by atoms with Crippen molar-refractivity contribution >= 4 is 11.9 Å². The lowest BCUT2D eigenvalue weighted by Gasteiger charge is -2.09. The minimum absolute atomic E-state index is 0.0473. The second-order valence-electron chi connectivity index (χ2n) is 3.60. The second kappa shape index (κ2) is 5.86. The number of esters is 2. The third-order valence-electron chi connectivity index (χ3n) is 2.03. The maximum atomic E-state index is 11.3. The van der Waals surface area contributed by atoms with Gasteiger partial charge in [-0.1, -0.05) is 19.6 Å². The van der Waals surface area contributed by atoms with Gasteiger partial charge in [-0.3, -0.25) is 4.79 Å². The molecule has 0 radical (unpaired) electrons. The highest BCUT2D eigenvalue weighted by Gasteiger charge is 2.15. The van der Waals surface area contributed by atoms with Gasteiger partial charge in [0.25, 0.3) is 0 Å². The third-order valence-corrected chi connectivity index (χ3v) is 2.03. The zero-order valence-electron chi connectivity index (χ0n) is 10.2. The molecule has 1 aromatic carbocycles. The van der Waals surface area contributed by atoms with Crippen molar-refractivity contribution < 1.29 is 24.2 Å². The molecule has 0 unspecified atom stereocenters. The van der Waals surface area contributed by atoms with Gasteiger partial charge in [0.1, 0.15) is 0 Å². The van der Waals surface area contributed by atoms with Gasteiger partial charge in [-0.05, 0) is 19.1 Å². The van der Waals surface area contributed by atoms with Crippen LogP contribution in [0.15, 0.2) is 30.4 Å². The molecule has 0 saturated carbocycles. The lowest BCUT2D eigenvalue weighted by Crippen LogP contribution is -2.09. The molecular weight excluding hydrogens is 236 g/mol. The highest BCUT2D eigenvalue weighted by molar-refractivity contribution is 5.89. The lowest BCUT2D eigenvalue weighted by molar-refractivity contribution is -0.134. The zero-order chi connectivity index (χ0) is 13.7. The Hall–Kier alpha value is -2.30. The van der Waals surface area contributed by atoms with Gasteiger partial charge in [-0.2, -0.15) is 0 Å². The molecule has 96 valence electrons. The number of aromatic hydroxyl groups is 1. The predicted octanol–water partition coefficient (Wildman–Crippen LogP) is 2.19. The summed E-state index contributed by atoms with van der Waals surface area (Å²) in [4.78, 5) is 22.4. The molecule has 0 atom stereocenters. The van der Waals surface area contributed by atoms with Gasteiger partial charge in [0.05, 0.1) is 0 Å². The number of hydrogen-bond donors (Lipinski definition) is 1. The molecule has 0 bridgehead atoms. The quantitative estimate of drug-likeness (QED) is 0.503. The van der Waals surface area contributed by atoms with Gasteiger partial charge in [0, 0.05) is 12.0 Å². The number of rotatable bonds is 4. The van der Waals surface area contributed by atoms with E-state index in [9.17, 15) is 14.7 Å². The molecule has 5 nitrogen and oxygen atoms in total. The van der Waals surface area contributed by atoms with Crippen molar-refractivity contribution in [2.75, 3.05) is 0 Å². The second-order valence-corrected chi connectivity index (χ2v) is 3.60. The number of carbonyl (C=O) groups is 2. The molecule has 0 aliphatic carbocycles. The van der Waals surface area contributed by atoms with Gasteiger partial charge in [-0.15, -0.1) is 0 Å². The van der Waals surface area contributed by atoms with E-state index in [0.717, 1.165) is 0 Å². The van der Waals surface area contributed by atoms with E-state index in [2.05, 4.69) is 6.58 Å². The summed E-state index contributed by atoms with van der Waals surface area (Å²) in [6.45, 7) is 6.54. The van der Waals surface area contributed by atoms with Crippen molar-refractivity contribution in [1.82, 2.24) is 0 Å². The number of hydrogen-bond acceptors (Lipinski definition) is 5. The summed E-state index contributed by atoms with van der Waals surface area (Å²) >= 11 is 0. The Morgan fingerprint density at radius 3 is 2.33 bits per heavy atom. The van der Waals surface area contributed by atoms with E-state index in [0.29, 0.717) is 0 Å². The van der Waals surface area contributed by atoms with Crippen LogP contribution < -0.4 is 9.47 Å². The van der Waals surface area contributed by atoms with E-state index in [1.54, 1.807) is 6.92 Å². The minimum atomic E-state index is -0.663. The van der Waals surface area contributed by atoms with Crippen LogP contribution >= 0.6 is 0 Å². The van der Waals surface area contributed by atoms with Crippen LogP contribution in [-0.4, -0.2) is 17.0 Å². The molecule has 0 amide bonds. The minimum Gasteiger partial charge on any atom is -0.502 e. The summed E-state index contributed by atoms with van der Waals surface area (Å²) in [5.41, 5.74) is 0.199. The first-order valence-electron chi connectivity index (χ1n) is 5.36. The Balaban J connectivity index is 2.95. The van der Waals surface area contributed by atoms with Crippen LogP contribution in [0.2, 0.25) is 0 Å². The molecule has 0 aromatic heterocycles. The molecule has 1 N–H and O–H groups in total. The predicted molar refractivity (Wildman–Crippen MR) is 64.5 cm³/mol. The van der Waals surface area contributed by atoms with Gasteiger partial charge < -0.3 is 14.6 Å². The first kappa shape index (κ1) is 13.8. The number of carbonyl (C=O) groups excluding carboxylic acids is 2. The summed E-state index contributed by atoms with van der Waals surface area (Å²) in [6, 6.07) is 4.29. The summed E-state index contributed by atoms with van der Waals surface area (Å²) in [5.74, 6) is -1.68. The van der Waals surface area contributed by atoms with Crippen LogP contribution in [-0.2, 0) is 9.59 Å². The zero-order valence-corrected chi connectivity index (χ0v) is 10.2. The monoisotopic (exact) mass is 250 g/mol. The number of phenols is 1. The number of para-hydroxylation sites is 1. The van der Waals surface area contributed by atoms with Gasteiger partial charge in [0.15, 0.2) is 11.5 Å². The Labute approximate surface area is 105 Å². The fourth-order valence-corrected chi connectivity index (χ4v) is 1.05. The van der Waals surface area contributed by atoms with Gasteiger partial charge >= 0.3 is 11.9 Å². The van der Waals surface area contributed by atoms with Crippen LogP contribution in [0.25, 0.3) is 0 Å². The first-order chi connectivity index (χ1) is 8.45. The first-order valence-corrected chi connectivity index (χ1v) is 5.36. The van der Waals surface area contributed by atoms with E-state index in [1.807, 2.05) is 0 Å². The van der Waals surface area contributed by atoms with E-state index >= 15 is 0 Å². The normalized spacial score (nSPS) is 9.67. The average molecular weight is 250 g/mol. The van der Waals surface area contributed by atoms with E-state index < -0.39 is 17.7 Å². The van der Waals surface area contributed by atoms with Crippen molar-refractivity contribution in [3.05, 3.63) is 30.4 Å². The van der Waals surface area contributed by atoms with E-state index in [1.165, 1.54) is 25.1 Å². The molecular formula is C13H14O5. The summed E-state index contributed by atoms with van der Waals surface area (Å²) in [6.07, 6.45) is 0.176. The molecule has 1 rings (SSSR count). The lowest BCUT2D eigenvalue weighted by atomic mass is 10.3. The molecule has 0 heterocycles. The molecule has 5 heteroatoms. The van der Waals surface area contributed by atoms with Crippen LogP contribution in [0.1, 0.15) is 20.3 Å². The van der Waals surface area contributed by atoms with E-state index in [4.69, 9.17) is 9.47 Å². The molecule has 0 spiro atoms. The summed E-state index contributed by atoms with van der Waals surface area (Å²) in [7, 11) is 0. The molecule has 0 aliphatic rings. The Morgan fingerprint density at radius 1 is 1.28 bits per heavy atom.